The molecule has 1 fully saturated rings. The van der Waals surface area contributed by atoms with Crippen LogP contribution in [0.5, 0.6) is 0 Å². The van der Waals surface area contributed by atoms with Crippen molar-refractivity contribution in [3.63, 3.8) is 0 Å². The number of hydrogen-bond donors (Lipinski definition) is 0. The van der Waals surface area contributed by atoms with Gasteiger partial charge in [0.05, 0.1) is 15.6 Å². The van der Waals surface area contributed by atoms with Crippen LogP contribution in [0.15, 0.2) is 41.3 Å². The summed E-state index contributed by atoms with van der Waals surface area (Å²) in [6.45, 7) is 1.02. The summed E-state index contributed by atoms with van der Waals surface area (Å²) in [4.78, 5) is 28.5. The van der Waals surface area contributed by atoms with E-state index in [-0.39, 0.29) is 64.1 Å². The van der Waals surface area contributed by atoms with Crippen LogP contribution in [0.2, 0.25) is 10.0 Å². The van der Waals surface area contributed by atoms with Crippen molar-refractivity contribution in [3.8, 4) is 0 Å². The lowest BCUT2D eigenvalue weighted by molar-refractivity contribution is 0.0535. The molecule has 0 saturated carbocycles. The number of nitrogens with zero attached hydrogens (tertiary/aromatic N) is 3. The van der Waals surface area contributed by atoms with Crippen LogP contribution in [0.4, 0.5) is 4.39 Å². The summed E-state index contributed by atoms with van der Waals surface area (Å²) in [7, 11) is -1.06. The second kappa shape index (κ2) is 9.12. The molecule has 2 amide bonds. The van der Waals surface area contributed by atoms with Gasteiger partial charge in [0.15, 0.2) is 0 Å². The van der Waals surface area contributed by atoms with Crippen LogP contribution in [0.1, 0.15) is 20.7 Å². The molecule has 0 spiro atoms. The van der Waals surface area contributed by atoms with E-state index in [4.69, 9.17) is 23.2 Å². The maximum atomic E-state index is 13.2. The van der Waals surface area contributed by atoms with Gasteiger partial charge in [0, 0.05) is 45.8 Å². The van der Waals surface area contributed by atoms with E-state index in [9.17, 15) is 22.4 Å². The van der Waals surface area contributed by atoms with Crippen LogP contribution in [-0.2, 0) is 10.0 Å². The molecule has 7 nitrogen and oxygen atoms in total. The maximum Gasteiger partial charge on any atom is 0.255 e. The molecule has 1 heterocycles. The number of amides is 2. The van der Waals surface area contributed by atoms with Crippen molar-refractivity contribution >= 4 is 45.0 Å². The molecule has 11 heteroatoms. The van der Waals surface area contributed by atoms with E-state index in [0.29, 0.717) is 0 Å². The summed E-state index contributed by atoms with van der Waals surface area (Å²) in [5.74, 6) is -1.24. The molecule has 0 aliphatic carbocycles. The number of piperazine rings is 1. The molecule has 0 unspecified atom stereocenters. The quantitative estimate of drug-likeness (QED) is 0.663. The van der Waals surface area contributed by atoms with E-state index >= 15 is 0 Å². The van der Waals surface area contributed by atoms with E-state index in [2.05, 4.69) is 0 Å². The minimum absolute atomic E-state index is 0.0249. The van der Waals surface area contributed by atoms with Crippen molar-refractivity contribution in [3.05, 3.63) is 63.4 Å². The molecule has 2 aromatic rings. The molecule has 1 saturated heterocycles. The van der Waals surface area contributed by atoms with Crippen LogP contribution < -0.4 is 0 Å². The fourth-order valence-electron chi connectivity index (χ4n) is 3.16. The van der Waals surface area contributed by atoms with Crippen LogP contribution in [-0.4, -0.2) is 74.6 Å². The molecule has 2 aromatic carbocycles. The van der Waals surface area contributed by atoms with E-state index < -0.39 is 15.8 Å². The van der Waals surface area contributed by atoms with Gasteiger partial charge in [0.2, 0.25) is 10.0 Å². The molecule has 0 bridgehead atoms. The lowest BCUT2D eigenvalue weighted by atomic mass is 10.1. The first kappa shape index (κ1) is 23.5. The van der Waals surface area contributed by atoms with Gasteiger partial charge in [-0.3, -0.25) is 9.59 Å². The van der Waals surface area contributed by atoms with Crippen molar-refractivity contribution in [2.75, 3.05) is 40.3 Å². The number of sulfonamides is 1. The molecule has 1 aliphatic heterocycles. The first-order valence-corrected chi connectivity index (χ1v) is 11.5. The van der Waals surface area contributed by atoms with Crippen LogP contribution >= 0.6 is 23.2 Å². The smallest absolute Gasteiger partial charge is 0.255 e. The third-order valence-electron chi connectivity index (χ3n) is 4.95. The molecule has 0 aromatic heterocycles. The van der Waals surface area contributed by atoms with E-state index in [1.165, 1.54) is 54.2 Å². The molecular weight excluding hydrogens is 468 g/mol. The highest BCUT2D eigenvalue weighted by Crippen LogP contribution is 2.26. The van der Waals surface area contributed by atoms with E-state index in [1.807, 2.05) is 0 Å². The minimum Gasteiger partial charge on any atom is -0.335 e. The Hall–Kier alpha value is -2.20. The summed E-state index contributed by atoms with van der Waals surface area (Å²) < 4.78 is 39.1. The number of carbonyl (C=O) groups is 2. The second-order valence-corrected chi connectivity index (χ2v) is 10.1. The summed E-state index contributed by atoms with van der Waals surface area (Å²) in [6, 6.07) is 7.68. The third kappa shape index (κ3) is 4.85. The predicted molar refractivity (Wildman–Crippen MR) is 116 cm³/mol. The number of hydrogen-bond acceptors (Lipinski definition) is 4. The SMILES string of the molecule is CN(C)S(=O)(=O)c1cc(C(=O)N2CCN(C(=O)c3ccc(F)cc3Cl)CC2)ccc1Cl. The zero-order valence-electron chi connectivity index (χ0n) is 16.8. The zero-order chi connectivity index (χ0) is 22.9. The van der Waals surface area contributed by atoms with Gasteiger partial charge in [-0.05, 0) is 36.4 Å². The van der Waals surface area contributed by atoms with Crippen molar-refractivity contribution < 1.29 is 22.4 Å². The first-order valence-electron chi connectivity index (χ1n) is 9.28. The Bertz CT molecular complexity index is 1130. The lowest BCUT2D eigenvalue weighted by Gasteiger charge is -2.35. The normalized spacial score (nSPS) is 14.8. The van der Waals surface area contributed by atoms with Crippen molar-refractivity contribution in [2.45, 2.75) is 4.90 Å². The largest absolute Gasteiger partial charge is 0.335 e. The average Bonchev–Trinajstić information content (AvgIpc) is 2.73. The fourth-order valence-corrected chi connectivity index (χ4v) is 4.80. The number of carbonyl (C=O) groups excluding carboxylic acids is 2. The topological polar surface area (TPSA) is 78.0 Å². The Morgan fingerprint density at radius 3 is 2.03 bits per heavy atom. The van der Waals surface area contributed by atoms with Crippen molar-refractivity contribution in [2.24, 2.45) is 0 Å². The van der Waals surface area contributed by atoms with E-state index in [0.717, 1.165) is 10.4 Å². The highest BCUT2D eigenvalue weighted by Gasteiger charge is 2.28. The highest BCUT2D eigenvalue weighted by atomic mass is 35.5. The standard InChI is InChI=1S/C20H20Cl2FN3O4S/c1-24(2)31(29,30)18-11-13(3-6-16(18)21)19(27)25-7-9-26(10-8-25)20(28)15-5-4-14(23)12-17(15)22/h3-6,11-12H,7-10H2,1-2H3. The Balaban J connectivity index is 1.73. The number of rotatable bonds is 4. The molecule has 1 aliphatic rings. The van der Waals surface area contributed by atoms with Gasteiger partial charge in [-0.2, -0.15) is 0 Å². The highest BCUT2D eigenvalue weighted by molar-refractivity contribution is 7.89. The predicted octanol–water partition coefficient (Wildman–Crippen LogP) is 2.98. The summed E-state index contributed by atoms with van der Waals surface area (Å²) >= 11 is 12.0. The van der Waals surface area contributed by atoms with Gasteiger partial charge in [0.1, 0.15) is 10.7 Å². The van der Waals surface area contributed by atoms with Gasteiger partial charge in [0.25, 0.3) is 11.8 Å². The third-order valence-corrected chi connectivity index (χ3v) is 7.56. The summed E-state index contributed by atoms with van der Waals surface area (Å²) in [5, 5.41) is 0.0520. The molecule has 0 N–H and O–H groups in total. The summed E-state index contributed by atoms with van der Waals surface area (Å²) in [5.41, 5.74) is 0.380. The molecule has 31 heavy (non-hydrogen) atoms. The molecule has 0 radical (unpaired) electrons. The van der Waals surface area contributed by atoms with Crippen LogP contribution in [0, 0.1) is 5.82 Å². The van der Waals surface area contributed by atoms with Crippen molar-refractivity contribution in [1.82, 2.24) is 14.1 Å². The Morgan fingerprint density at radius 1 is 0.903 bits per heavy atom. The minimum atomic E-state index is -3.81. The van der Waals surface area contributed by atoms with Gasteiger partial charge >= 0.3 is 0 Å². The Kier molecular flexibility index (Phi) is 6.90. The Morgan fingerprint density at radius 2 is 1.48 bits per heavy atom. The number of benzene rings is 2. The lowest BCUT2D eigenvalue weighted by Crippen LogP contribution is -2.50. The van der Waals surface area contributed by atoms with Gasteiger partial charge in [-0.25, -0.2) is 17.1 Å². The summed E-state index contributed by atoms with van der Waals surface area (Å²) in [6.07, 6.45) is 0. The maximum absolute atomic E-state index is 13.2. The van der Waals surface area contributed by atoms with E-state index in [1.54, 1.807) is 0 Å². The zero-order valence-corrected chi connectivity index (χ0v) is 19.1. The van der Waals surface area contributed by atoms with Gasteiger partial charge in [-0.15, -0.1) is 0 Å². The fraction of sp³-hybridized carbons (Fsp3) is 0.300. The molecular formula is C20H20Cl2FN3O4S. The second-order valence-electron chi connectivity index (χ2n) is 7.14. The van der Waals surface area contributed by atoms with Crippen LogP contribution in [0.3, 0.4) is 0 Å². The van der Waals surface area contributed by atoms with Crippen molar-refractivity contribution in [1.29, 1.82) is 0 Å². The number of halogens is 3. The Labute approximate surface area is 190 Å². The monoisotopic (exact) mass is 487 g/mol. The molecule has 0 atom stereocenters. The van der Waals surface area contributed by atoms with Gasteiger partial charge in [-0.1, -0.05) is 23.2 Å². The molecule has 3 rings (SSSR count). The first-order chi connectivity index (χ1) is 14.5. The average molecular weight is 488 g/mol. The van der Waals surface area contributed by atoms with Gasteiger partial charge < -0.3 is 9.80 Å². The van der Waals surface area contributed by atoms with Crippen LogP contribution in [0.25, 0.3) is 0 Å². The molecule has 166 valence electrons.